The second kappa shape index (κ2) is 18.2. The maximum Gasteiger partial charge on any atom is 0.0425 e. The van der Waals surface area contributed by atoms with Crippen LogP contribution in [0.3, 0.4) is 0 Å². The molecule has 1 nitrogen and oxygen atoms in total. The van der Waals surface area contributed by atoms with Gasteiger partial charge in [0.05, 0.1) is 0 Å². The van der Waals surface area contributed by atoms with E-state index >= 15 is 0 Å². The fraction of sp³-hybridized carbons (Fsp3) is 0.750. The van der Waals surface area contributed by atoms with Crippen molar-refractivity contribution in [3.63, 3.8) is 0 Å². The van der Waals surface area contributed by atoms with Crippen molar-refractivity contribution < 1.29 is 21.7 Å². The van der Waals surface area contributed by atoms with Gasteiger partial charge < -0.3 is 0 Å². The van der Waals surface area contributed by atoms with Crippen LogP contribution in [-0.4, -0.2) is 18.5 Å². The molecule has 0 saturated heterocycles. The van der Waals surface area contributed by atoms with Gasteiger partial charge in [0.2, 0.25) is 0 Å². The minimum Gasteiger partial charge on any atom is -0.272 e. The van der Waals surface area contributed by atoms with E-state index in [9.17, 15) is 0 Å². The zero-order valence-corrected chi connectivity index (χ0v) is 28.1. The van der Waals surface area contributed by atoms with Crippen LogP contribution in [0.5, 0.6) is 0 Å². The molecule has 0 fully saturated rings. The zero-order valence-electron chi connectivity index (χ0n) is 25.6. The van der Waals surface area contributed by atoms with Crippen LogP contribution in [0.2, 0.25) is 0 Å². The molecule has 0 heterocycles. The van der Waals surface area contributed by atoms with Gasteiger partial charge in [-0.25, -0.2) is 0 Å². The van der Waals surface area contributed by atoms with Crippen molar-refractivity contribution in [2.45, 2.75) is 109 Å². The fourth-order valence-electron chi connectivity index (χ4n) is 3.45. The Labute approximate surface area is 236 Å². The van der Waals surface area contributed by atoms with Gasteiger partial charge in [-0.1, -0.05) is 120 Å². The van der Waals surface area contributed by atoms with Crippen molar-refractivity contribution in [2.24, 2.45) is 33.3 Å². The summed E-state index contributed by atoms with van der Waals surface area (Å²) in [7, 11) is -1.19. The third kappa shape index (κ3) is 22.8. The monoisotopic (exact) mass is 537 g/mol. The summed E-state index contributed by atoms with van der Waals surface area (Å²) < 4.78 is 5.43. The molecule has 1 rings (SSSR count). The first kappa shape index (κ1) is 37.1. The van der Waals surface area contributed by atoms with Gasteiger partial charge in [0.15, 0.2) is 0 Å². The number of rotatable bonds is 11. The molecule has 1 aliphatic carbocycles. The first-order chi connectivity index (χ1) is 15.5. The molecule has 1 aliphatic rings. The SMILES string of the molecule is CC(C)(C)C=CC=CC(C)(C)C.CC(C)CCP(CCC(C)C)(CCC(C)C)=NC1=CC=CC1.[Ti]. The third-order valence-corrected chi connectivity index (χ3v) is 9.72. The Morgan fingerprint density at radius 2 is 1.11 bits per heavy atom. The molecule has 0 aromatic rings. The van der Waals surface area contributed by atoms with Crippen LogP contribution in [0.15, 0.2) is 53.0 Å². The van der Waals surface area contributed by atoms with E-state index in [1.807, 2.05) is 0 Å². The van der Waals surface area contributed by atoms with Crippen LogP contribution in [0.25, 0.3) is 0 Å². The Kier molecular flexibility index (Phi) is 19.3. The standard InChI is InChI=1S/C20H38NP.C12H22.Ti/c1-17(2)11-14-22(15-12-18(3)4,16-13-19(5)6)21-20-9-7-8-10-20;1-11(2,3)9-7-8-10-12(4,5)6;/h7-9,17-19H,10-16H2,1-6H3;7-10H,1-6H3;. The van der Waals surface area contributed by atoms with E-state index in [1.54, 1.807) is 0 Å². The Hall–Kier alpha value is -0.0957. The molecule has 0 saturated carbocycles. The predicted octanol–water partition coefficient (Wildman–Crippen LogP) is 11.4. The minimum absolute atomic E-state index is 0. The molecule has 202 valence electrons. The van der Waals surface area contributed by atoms with E-state index < -0.39 is 7.05 Å². The summed E-state index contributed by atoms with van der Waals surface area (Å²) in [5.74, 6) is 2.38. The molecule has 0 amide bonds. The molecule has 35 heavy (non-hydrogen) atoms. The van der Waals surface area contributed by atoms with E-state index in [2.05, 4.69) is 126 Å². The first-order valence-corrected chi connectivity index (χ1v) is 16.2. The Morgan fingerprint density at radius 1 is 0.743 bits per heavy atom. The summed E-state index contributed by atoms with van der Waals surface area (Å²) in [6.07, 6.45) is 24.5. The summed E-state index contributed by atoms with van der Waals surface area (Å²) in [6, 6.07) is 0. The first-order valence-electron chi connectivity index (χ1n) is 13.9. The number of allylic oxidation sites excluding steroid dienone is 7. The average molecular weight is 538 g/mol. The van der Waals surface area contributed by atoms with Gasteiger partial charge in [-0.05, 0) is 79.5 Å². The van der Waals surface area contributed by atoms with Crippen molar-refractivity contribution in [1.29, 1.82) is 0 Å². The number of hydrogen-bond donors (Lipinski definition) is 0. The van der Waals surface area contributed by atoms with Crippen LogP contribution in [0.4, 0.5) is 0 Å². The van der Waals surface area contributed by atoms with E-state index in [4.69, 9.17) is 4.74 Å². The molecule has 0 N–H and O–H groups in total. The van der Waals surface area contributed by atoms with Gasteiger partial charge in [0.25, 0.3) is 0 Å². The van der Waals surface area contributed by atoms with Crippen LogP contribution in [0.1, 0.15) is 109 Å². The van der Waals surface area contributed by atoms with Crippen molar-refractivity contribution in [1.82, 2.24) is 0 Å². The summed E-state index contributed by atoms with van der Waals surface area (Å²) in [5, 5.41) is 0. The third-order valence-electron chi connectivity index (χ3n) is 5.76. The van der Waals surface area contributed by atoms with Crippen LogP contribution in [-0.2, 0) is 21.7 Å². The normalized spacial score (nSPS) is 14.7. The Morgan fingerprint density at radius 3 is 1.37 bits per heavy atom. The van der Waals surface area contributed by atoms with Gasteiger partial charge in [0.1, 0.15) is 0 Å². The largest absolute Gasteiger partial charge is 0.272 e. The quantitative estimate of drug-likeness (QED) is 0.141. The molecule has 0 radical (unpaired) electrons. The zero-order chi connectivity index (χ0) is 26.4. The maximum absolute atomic E-state index is 5.43. The van der Waals surface area contributed by atoms with Gasteiger partial charge >= 0.3 is 0 Å². The molecule has 0 unspecified atom stereocenters. The number of nitrogens with zero attached hydrogens (tertiary/aromatic N) is 1. The molecular formula is C32H60NPTi. The molecule has 0 atom stereocenters. The van der Waals surface area contributed by atoms with Gasteiger partial charge in [0, 0.05) is 33.8 Å². The summed E-state index contributed by atoms with van der Waals surface area (Å²) in [5.41, 5.74) is 1.94. The van der Waals surface area contributed by atoms with E-state index in [1.165, 1.54) is 43.4 Å². The van der Waals surface area contributed by atoms with Gasteiger partial charge in [-0.2, -0.15) is 0 Å². The van der Waals surface area contributed by atoms with Crippen LogP contribution >= 0.6 is 7.05 Å². The van der Waals surface area contributed by atoms with E-state index in [0.717, 1.165) is 24.2 Å². The molecule has 0 aromatic heterocycles. The van der Waals surface area contributed by atoms with Crippen molar-refractivity contribution in [3.8, 4) is 0 Å². The molecule has 3 heteroatoms. The minimum atomic E-state index is -1.19. The van der Waals surface area contributed by atoms with Crippen LogP contribution in [0, 0.1) is 28.6 Å². The maximum atomic E-state index is 5.43. The average Bonchev–Trinajstić information content (AvgIpc) is 3.18. The Bertz CT molecular complexity index is 662. The molecule has 0 bridgehead atoms. The molecule has 0 aliphatic heterocycles. The predicted molar refractivity (Wildman–Crippen MR) is 161 cm³/mol. The summed E-state index contributed by atoms with van der Waals surface area (Å²) in [6.45, 7) is 27.4. The summed E-state index contributed by atoms with van der Waals surface area (Å²) in [4.78, 5) is 0. The molecular weight excluding hydrogens is 477 g/mol. The van der Waals surface area contributed by atoms with Crippen molar-refractivity contribution in [2.75, 3.05) is 18.5 Å². The fourth-order valence-corrected chi connectivity index (χ4v) is 8.11. The smallest absolute Gasteiger partial charge is 0.0425 e. The second-order valence-corrected chi connectivity index (χ2v) is 17.4. The van der Waals surface area contributed by atoms with E-state index in [-0.39, 0.29) is 21.7 Å². The Balaban J connectivity index is 0. The van der Waals surface area contributed by atoms with Gasteiger partial charge in [-0.15, -0.1) is 0 Å². The number of hydrogen-bond acceptors (Lipinski definition) is 1. The topological polar surface area (TPSA) is 12.4 Å². The summed E-state index contributed by atoms with van der Waals surface area (Å²) >= 11 is 0. The van der Waals surface area contributed by atoms with Crippen molar-refractivity contribution in [3.05, 3.63) is 48.2 Å². The van der Waals surface area contributed by atoms with Crippen molar-refractivity contribution >= 4 is 7.05 Å². The van der Waals surface area contributed by atoms with Crippen LogP contribution < -0.4 is 0 Å². The van der Waals surface area contributed by atoms with Gasteiger partial charge in [-0.3, -0.25) is 4.74 Å². The molecule has 0 spiro atoms. The second-order valence-electron chi connectivity index (χ2n) is 13.7. The van der Waals surface area contributed by atoms with E-state index in [0.29, 0.717) is 10.8 Å². The molecule has 0 aromatic carbocycles.